The number of carbonyl (C=O) groups excluding carboxylic acids is 1. The summed E-state index contributed by atoms with van der Waals surface area (Å²) in [6, 6.07) is 9.06. The van der Waals surface area contributed by atoms with E-state index < -0.39 is 10.0 Å². The van der Waals surface area contributed by atoms with Gasteiger partial charge in [0.25, 0.3) is 0 Å². The van der Waals surface area contributed by atoms with Gasteiger partial charge in [0, 0.05) is 23.8 Å². The Morgan fingerprint density at radius 3 is 2.34 bits per heavy atom. The molecule has 29 heavy (non-hydrogen) atoms. The van der Waals surface area contributed by atoms with E-state index in [-0.39, 0.29) is 18.4 Å². The Morgan fingerprint density at radius 1 is 1.07 bits per heavy atom. The molecule has 1 saturated heterocycles. The number of hydrogen-bond donors (Lipinski definition) is 1. The number of nitrogens with zero attached hydrogens (tertiary/aromatic N) is 1. The fourth-order valence-corrected chi connectivity index (χ4v) is 6.24. The fraction of sp³-hybridized carbons (Fsp3) is 0.409. The van der Waals surface area contributed by atoms with Crippen molar-refractivity contribution in [2.75, 3.05) is 18.4 Å². The largest absolute Gasteiger partial charge is 0.326 e. The molecular weight excluding hydrogens is 408 g/mol. The van der Waals surface area contributed by atoms with Gasteiger partial charge in [-0.05, 0) is 75.4 Å². The third kappa shape index (κ3) is 4.65. The van der Waals surface area contributed by atoms with Crippen LogP contribution in [-0.2, 0) is 14.8 Å². The number of amides is 1. The number of benzene rings is 2. The van der Waals surface area contributed by atoms with E-state index in [1.807, 2.05) is 39.8 Å². The summed E-state index contributed by atoms with van der Waals surface area (Å²) in [5.74, 6) is -0.549. The van der Waals surface area contributed by atoms with E-state index in [1.54, 1.807) is 18.2 Å². The van der Waals surface area contributed by atoms with Gasteiger partial charge in [0.05, 0.1) is 10.8 Å². The maximum Gasteiger partial charge on any atom is 0.243 e. The number of sulfonamides is 1. The van der Waals surface area contributed by atoms with Gasteiger partial charge in [-0.25, -0.2) is 8.42 Å². The summed E-state index contributed by atoms with van der Waals surface area (Å²) in [7, 11) is -3.66. The lowest BCUT2D eigenvalue weighted by molar-refractivity contribution is -0.120. The fourth-order valence-electron chi connectivity index (χ4n) is 4.08. The molecule has 2 aromatic carbocycles. The van der Waals surface area contributed by atoms with Gasteiger partial charge < -0.3 is 5.32 Å². The Hall–Kier alpha value is -1.89. The SMILES string of the molecule is Cc1cc(C)c(S(=O)(=O)N2CCCC(C(=O)Nc3ccc(Cl)cc3C)C2)c(C)c1. The van der Waals surface area contributed by atoms with Gasteiger partial charge in [-0.1, -0.05) is 29.3 Å². The second kappa shape index (κ2) is 8.46. The summed E-state index contributed by atoms with van der Waals surface area (Å²) >= 11 is 5.98. The van der Waals surface area contributed by atoms with Gasteiger partial charge in [-0.3, -0.25) is 4.79 Å². The van der Waals surface area contributed by atoms with Crippen molar-refractivity contribution in [3.05, 3.63) is 57.6 Å². The third-order valence-electron chi connectivity index (χ3n) is 5.40. The second-order valence-electron chi connectivity index (χ2n) is 7.88. The molecule has 0 spiro atoms. The van der Waals surface area contributed by atoms with Crippen LogP contribution in [0.4, 0.5) is 5.69 Å². The quantitative estimate of drug-likeness (QED) is 0.763. The van der Waals surface area contributed by atoms with Crippen LogP contribution in [-0.4, -0.2) is 31.7 Å². The molecule has 0 aliphatic carbocycles. The van der Waals surface area contributed by atoms with Crippen molar-refractivity contribution < 1.29 is 13.2 Å². The lowest BCUT2D eigenvalue weighted by Crippen LogP contribution is -2.44. The smallest absolute Gasteiger partial charge is 0.243 e. The topological polar surface area (TPSA) is 66.5 Å². The van der Waals surface area contributed by atoms with Gasteiger partial charge in [-0.2, -0.15) is 4.31 Å². The Labute approximate surface area is 178 Å². The van der Waals surface area contributed by atoms with Crippen molar-refractivity contribution in [1.29, 1.82) is 0 Å². The van der Waals surface area contributed by atoms with E-state index in [0.29, 0.717) is 35.0 Å². The van der Waals surface area contributed by atoms with Crippen molar-refractivity contribution in [1.82, 2.24) is 4.31 Å². The minimum Gasteiger partial charge on any atom is -0.326 e. The highest BCUT2D eigenvalue weighted by atomic mass is 35.5. The number of halogens is 1. The minimum atomic E-state index is -3.66. The first-order valence-corrected chi connectivity index (χ1v) is 11.6. The molecule has 1 fully saturated rings. The standard InChI is InChI=1S/C22H27ClN2O3S/c1-14-10-16(3)21(17(4)11-14)29(27,28)25-9-5-6-18(13-25)22(26)24-20-8-7-19(23)12-15(20)2/h7-8,10-12,18H,5-6,9,13H2,1-4H3,(H,24,26). The van der Waals surface area contributed by atoms with E-state index in [9.17, 15) is 13.2 Å². The first-order valence-electron chi connectivity index (χ1n) is 9.74. The third-order valence-corrected chi connectivity index (χ3v) is 7.81. The average molecular weight is 435 g/mol. The monoisotopic (exact) mass is 434 g/mol. The highest BCUT2D eigenvalue weighted by molar-refractivity contribution is 7.89. The molecule has 1 unspecified atom stereocenters. The molecule has 2 aromatic rings. The first kappa shape index (κ1) is 21.8. The van der Waals surface area contributed by atoms with Crippen LogP contribution in [0.5, 0.6) is 0 Å². The molecule has 1 aliphatic rings. The molecular formula is C22H27ClN2O3S. The van der Waals surface area contributed by atoms with Crippen molar-refractivity contribution in [3.63, 3.8) is 0 Å². The Kier molecular flexibility index (Phi) is 6.36. The van der Waals surface area contributed by atoms with Gasteiger partial charge >= 0.3 is 0 Å². The average Bonchev–Trinajstić information content (AvgIpc) is 2.63. The zero-order valence-electron chi connectivity index (χ0n) is 17.3. The van der Waals surface area contributed by atoms with Crippen molar-refractivity contribution in [2.24, 2.45) is 5.92 Å². The van der Waals surface area contributed by atoms with Crippen LogP contribution in [0, 0.1) is 33.6 Å². The van der Waals surface area contributed by atoms with Gasteiger partial charge in [0.1, 0.15) is 0 Å². The second-order valence-corrected chi connectivity index (χ2v) is 10.2. The number of nitrogens with one attached hydrogen (secondary N) is 1. The molecule has 1 N–H and O–H groups in total. The van der Waals surface area contributed by atoms with Crippen molar-refractivity contribution in [3.8, 4) is 0 Å². The number of hydrogen-bond acceptors (Lipinski definition) is 3. The number of aryl methyl sites for hydroxylation is 4. The molecule has 0 saturated carbocycles. The molecule has 156 valence electrons. The Morgan fingerprint density at radius 2 is 1.72 bits per heavy atom. The zero-order chi connectivity index (χ0) is 21.3. The molecule has 3 rings (SSSR count). The molecule has 0 radical (unpaired) electrons. The predicted molar refractivity (Wildman–Crippen MR) is 117 cm³/mol. The van der Waals surface area contributed by atoms with Gasteiger partial charge in [0.2, 0.25) is 15.9 Å². The van der Waals surface area contributed by atoms with Crippen LogP contribution in [0.2, 0.25) is 5.02 Å². The van der Waals surface area contributed by atoms with Crippen molar-refractivity contribution in [2.45, 2.75) is 45.4 Å². The molecule has 7 heteroatoms. The van der Waals surface area contributed by atoms with E-state index >= 15 is 0 Å². The number of carbonyl (C=O) groups is 1. The van der Waals surface area contributed by atoms with E-state index in [4.69, 9.17) is 11.6 Å². The van der Waals surface area contributed by atoms with Crippen LogP contribution < -0.4 is 5.32 Å². The Bertz CT molecular complexity index is 1030. The highest BCUT2D eigenvalue weighted by Gasteiger charge is 2.35. The first-order chi connectivity index (χ1) is 13.6. The molecule has 0 aromatic heterocycles. The normalized spacial score (nSPS) is 17.9. The zero-order valence-corrected chi connectivity index (χ0v) is 18.8. The van der Waals surface area contributed by atoms with E-state index in [0.717, 1.165) is 22.3 Å². The van der Waals surface area contributed by atoms with E-state index in [1.165, 1.54) is 4.31 Å². The summed E-state index contributed by atoms with van der Waals surface area (Å²) in [5.41, 5.74) is 4.09. The van der Waals surface area contributed by atoms with E-state index in [2.05, 4.69) is 5.32 Å². The van der Waals surface area contributed by atoms with Gasteiger partial charge in [-0.15, -0.1) is 0 Å². The summed E-state index contributed by atoms with van der Waals surface area (Å²) in [5, 5.41) is 3.54. The lowest BCUT2D eigenvalue weighted by atomic mass is 9.98. The Balaban J connectivity index is 1.80. The van der Waals surface area contributed by atoms with Gasteiger partial charge in [0.15, 0.2) is 0 Å². The summed E-state index contributed by atoms with van der Waals surface area (Å²) in [4.78, 5) is 13.2. The molecule has 1 aliphatic heterocycles. The minimum absolute atomic E-state index is 0.160. The van der Waals surface area contributed by atoms with Crippen LogP contribution >= 0.6 is 11.6 Å². The predicted octanol–water partition coefficient (Wildman–Crippen LogP) is 4.61. The van der Waals surface area contributed by atoms with Crippen molar-refractivity contribution >= 4 is 33.2 Å². The summed E-state index contributed by atoms with van der Waals surface area (Å²) < 4.78 is 28.1. The van der Waals surface area contributed by atoms with Crippen LogP contribution in [0.15, 0.2) is 35.2 Å². The van der Waals surface area contributed by atoms with Crippen LogP contribution in [0.25, 0.3) is 0 Å². The summed E-state index contributed by atoms with van der Waals surface area (Å²) in [6.07, 6.45) is 1.32. The maximum atomic E-state index is 13.3. The molecule has 1 atom stereocenters. The highest BCUT2D eigenvalue weighted by Crippen LogP contribution is 2.29. The van der Waals surface area contributed by atoms with Crippen LogP contribution in [0.1, 0.15) is 35.1 Å². The molecule has 5 nitrogen and oxygen atoms in total. The molecule has 0 bridgehead atoms. The van der Waals surface area contributed by atoms with Crippen LogP contribution in [0.3, 0.4) is 0 Å². The maximum absolute atomic E-state index is 13.3. The number of piperidine rings is 1. The summed E-state index contributed by atoms with van der Waals surface area (Å²) in [6.45, 7) is 8.10. The number of rotatable bonds is 4. The number of anilines is 1. The lowest BCUT2D eigenvalue weighted by Gasteiger charge is -2.32. The molecule has 1 heterocycles. The molecule has 1 amide bonds.